The quantitative estimate of drug-likeness (QED) is 0.474. The van der Waals surface area contributed by atoms with Crippen molar-refractivity contribution >= 4 is 27.5 Å². The molecule has 2 heterocycles. The zero-order valence-corrected chi connectivity index (χ0v) is 17.6. The SMILES string of the molecule is COc1ccc(C(O)CNC(=O)c2cc3c(C)nn(Cc4ccccc4)c3s2)cc1. The van der Waals surface area contributed by atoms with Crippen molar-refractivity contribution in [3.05, 3.63) is 82.4 Å². The maximum Gasteiger partial charge on any atom is 0.261 e. The molecule has 2 N–H and O–H groups in total. The van der Waals surface area contributed by atoms with E-state index in [4.69, 9.17) is 4.74 Å². The minimum Gasteiger partial charge on any atom is -0.497 e. The van der Waals surface area contributed by atoms with Gasteiger partial charge in [-0.05, 0) is 36.2 Å². The summed E-state index contributed by atoms with van der Waals surface area (Å²) in [6.07, 6.45) is -0.787. The van der Waals surface area contributed by atoms with E-state index >= 15 is 0 Å². The van der Waals surface area contributed by atoms with E-state index in [0.717, 1.165) is 32.8 Å². The molecule has 0 spiro atoms. The number of nitrogens with one attached hydrogen (secondary N) is 1. The summed E-state index contributed by atoms with van der Waals surface area (Å²) in [6, 6.07) is 19.1. The first kappa shape index (κ1) is 20.1. The molecule has 0 saturated carbocycles. The first-order chi connectivity index (χ1) is 14.5. The van der Waals surface area contributed by atoms with E-state index in [2.05, 4.69) is 22.5 Å². The van der Waals surface area contributed by atoms with E-state index in [0.29, 0.717) is 11.4 Å². The van der Waals surface area contributed by atoms with Gasteiger partial charge in [-0.25, -0.2) is 0 Å². The van der Waals surface area contributed by atoms with Gasteiger partial charge >= 0.3 is 0 Å². The highest BCUT2D eigenvalue weighted by Gasteiger charge is 2.17. The second-order valence-electron chi connectivity index (χ2n) is 7.06. The van der Waals surface area contributed by atoms with Crippen LogP contribution < -0.4 is 10.1 Å². The lowest BCUT2D eigenvalue weighted by Gasteiger charge is -2.12. The molecule has 0 aliphatic rings. The summed E-state index contributed by atoms with van der Waals surface area (Å²) in [5.74, 6) is 0.523. The summed E-state index contributed by atoms with van der Waals surface area (Å²) >= 11 is 1.41. The topological polar surface area (TPSA) is 76.4 Å². The molecule has 154 valence electrons. The molecule has 4 rings (SSSR count). The summed E-state index contributed by atoms with van der Waals surface area (Å²) < 4.78 is 7.06. The van der Waals surface area contributed by atoms with Gasteiger partial charge in [0.2, 0.25) is 0 Å². The molecule has 4 aromatic rings. The van der Waals surface area contributed by atoms with Gasteiger partial charge < -0.3 is 15.2 Å². The Hall–Kier alpha value is -3.16. The number of rotatable bonds is 7. The highest BCUT2D eigenvalue weighted by molar-refractivity contribution is 7.20. The van der Waals surface area contributed by atoms with Crippen molar-refractivity contribution in [1.82, 2.24) is 15.1 Å². The number of aryl methyl sites for hydroxylation is 1. The van der Waals surface area contributed by atoms with Crippen LogP contribution in [-0.4, -0.2) is 34.4 Å². The minimum absolute atomic E-state index is 0.133. The fourth-order valence-electron chi connectivity index (χ4n) is 3.31. The van der Waals surface area contributed by atoms with Gasteiger partial charge in [-0.2, -0.15) is 5.10 Å². The lowest BCUT2D eigenvalue weighted by atomic mass is 10.1. The number of thiophene rings is 1. The van der Waals surface area contributed by atoms with Gasteiger partial charge in [0.25, 0.3) is 5.91 Å². The van der Waals surface area contributed by atoms with Gasteiger partial charge in [0.1, 0.15) is 10.6 Å². The number of hydrogen-bond donors (Lipinski definition) is 2. The van der Waals surface area contributed by atoms with Crippen LogP contribution in [0.2, 0.25) is 0 Å². The Bertz CT molecular complexity index is 1150. The van der Waals surface area contributed by atoms with Crippen molar-refractivity contribution in [3.8, 4) is 5.75 Å². The monoisotopic (exact) mass is 421 g/mol. The Kier molecular flexibility index (Phi) is 5.83. The molecular formula is C23H23N3O3S. The van der Waals surface area contributed by atoms with Crippen molar-refractivity contribution in [2.24, 2.45) is 0 Å². The van der Waals surface area contributed by atoms with Crippen molar-refractivity contribution in [2.45, 2.75) is 19.6 Å². The maximum absolute atomic E-state index is 12.7. The molecule has 0 fully saturated rings. The Labute approximate surface area is 178 Å². The number of amides is 1. The summed E-state index contributed by atoms with van der Waals surface area (Å²) in [5, 5.41) is 18.8. The van der Waals surface area contributed by atoms with Crippen LogP contribution in [0.15, 0.2) is 60.7 Å². The number of carbonyl (C=O) groups is 1. The number of ether oxygens (including phenoxy) is 1. The van der Waals surface area contributed by atoms with E-state index in [1.165, 1.54) is 11.3 Å². The van der Waals surface area contributed by atoms with Gasteiger partial charge in [0, 0.05) is 11.9 Å². The number of fused-ring (bicyclic) bond motifs is 1. The summed E-state index contributed by atoms with van der Waals surface area (Å²) in [5.41, 5.74) is 2.78. The average molecular weight is 422 g/mol. The number of aliphatic hydroxyl groups is 1. The minimum atomic E-state index is -0.787. The second kappa shape index (κ2) is 8.69. The smallest absolute Gasteiger partial charge is 0.261 e. The molecule has 7 heteroatoms. The normalized spacial score (nSPS) is 12.1. The van der Waals surface area contributed by atoms with E-state index in [1.807, 2.05) is 35.9 Å². The highest BCUT2D eigenvalue weighted by atomic mass is 32.1. The lowest BCUT2D eigenvalue weighted by Crippen LogP contribution is -2.27. The van der Waals surface area contributed by atoms with Crippen molar-refractivity contribution < 1.29 is 14.6 Å². The first-order valence-corrected chi connectivity index (χ1v) is 10.5. The Balaban J connectivity index is 1.46. The van der Waals surface area contributed by atoms with Crippen LogP contribution in [0.1, 0.15) is 32.6 Å². The zero-order chi connectivity index (χ0) is 21.1. The van der Waals surface area contributed by atoms with Crippen LogP contribution in [0.5, 0.6) is 5.75 Å². The molecule has 1 amide bonds. The van der Waals surface area contributed by atoms with Crippen LogP contribution in [-0.2, 0) is 6.54 Å². The number of carbonyl (C=O) groups excluding carboxylic acids is 1. The number of aromatic nitrogens is 2. The van der Waals surface area contributed by atoms with Gasteiger partial charge in [-0.3, -0.25) is 9.48 Å². The van der Waals surface area contributed by atoms with Crippen molar-refractivity contribution in [3.63, 3.8) is 0 Å². The predicted molar refractivity (Wildman–Crippen MR) is 118 cm³/mol. The third kappa shape index (κ3) is 4.22. The van der Waals surface area contributed by atoms with Gasteiger partial charge in [-0.1, -0.05) is 42.5 Å². The first-order valence-electron chi connectivity index (χ1n) is 9.66. The molecule has 2 aromatic heterocycles. The summed E-state index contributed by atoms with van der Waals surface area (Å²) in [7, 11) is 1.59. The highest BCUT2D eigenvalue weighted by Crippen LogP contribution is 2.29. The van der Waals surface area contributed by atoms with Crippen LogP contribution in [0.3, 0.4) is 0 Å². The molecule has 30 heavy (non-hydrogen) atoms. The van der Waals surface area contributed by atoms with Gasteiger partial charge in [-0.15, -0.1) is 11.3 Å². The van der Waals surface area contributed by atoms with Gasteiger partial charge in [0.05, 0.1) is 30.3 Å². The van der Waals surface area contributed by atoms with E-state index in [9.17, 15) is 9.90 Å². The van der Waals surface area contributed by atoms with E-state index < -0.39 is 6.10 Å². The van der Waals surface area contributed by atoms with E-state index in [-0.39, 0.29) is 12.5 Å². The van der Waals surface area contributed by atoms with Crippen LogP contribution >= 0.6 is 11.3 Å². The molecule has 0 saturated heterocycles. The second-order valence-corrected chi connectivity index (χ2v) is 8.09. The predicted octanol–water partition coefficient (Wildman–Crippen LogP) is 3.93. The summed E-state index contributed by atoms with van der Waals surface area (Å²) in [6.45, 7) is 2.74. The molecular weight excluding hydrogens is 398 g/mol. The number of methoxy groups -OCH3 is 1. The third-order valence-corrected chi connectivity index (χ3v) is 6.11. The zero-order valence-electron chi connectivity index (χ0n) is 16.8. The molecule has 2 aromatic carbocycles. The fourth-order valence-corrected chi connectivity index (χ4v) is 4.39. The van der Waals surface area contributed by atoms with Crippen molar-refractivity contribution in [2.75, 3.05) is 13.7 Å². The third-order valence-electron chi connectivity index (χ3n) is 4.96. The number of benzene rings is 2. The Morgan fingerprint density at radius 3 is 2.63 bits per heavy atom. The number of aliphatic hydroxyl groups excluding tert-OH is 1. The molecule has 0 aliphatic carbocycles. The largest absolute Gasteiger partial charge is 0.497 e. The van der Waals surface area contributed by atoms with Crippen LogP contribution in [0, 0.1) is 6.92 Å². The van der Waals surface area contributed by atoms with Gasteiger partial charge in [0.15, 0.2) is 0 Å². The fraction of sp³-hybridized carbons (Fsp3) is 0.217. The Morgan fingerprint density at radius 2 is 1.93 bits per heavy atom. The molecule has 1 atom stereocenters. The van der Waals surface area contributed by atoms with Crippen molar-refractivity contribution in [1.29, 1.82) is 0 Å². The molecule has 0 aliphatic heterocycles. The van der Waals surface area contributed by atoms with Crippen LogP contribution in [0.4, 0.5) is 0 Å². The molecule has 0 bridgehead atoms. The summed E-state index contributed by atoms with van der Waals surface area (Å²) in [4.78, 5) is 14.2. The maximum atomic E-state index is 12.7. The molecule has 1 unspecified atom stereocenters. The Morgan fingerprint density at radius 1 is 1.20 bits per heavy atom. The number of nitrogens with zero attached hydrogens (tertiary/aromatic N) is 2. The lowest BCUT2D eigenvalue weighted by molar-refractivity contribution is 0.0920. The average Bonchev–Trinajstić information content (AvgIpc) is 3.34. The standard InChI is InChI=1S/C23H23N3O3S/c1-15-19-12-21(30-23(19)26(25-15)14-16-6-4-3-5-7-16)22(28)24-13-20(27)17-8-10-18(29-2)11-9-17/h3-12,20,27H,13-14H2,1-2H3,(H,24,28). The molecule has 0 radical (unpaired) electrons. The molecule has 6 nitrogen and oxygen atoms in total. The van der Waals surface area contributed by atoms with Crippen LogP contribution in [0.25, 0.3) is 10.2 Å². The number of hydrogen-bond acceptors (Lipinski definition) is 5. The van der Waals surface area contributed by atoms with E-state index in [1.54, 1.807) is 31.4 Å².